The number of non-ortho nitro benzene ring substituents is 1. The number of aromatic amines is 1. The van der Waals surface area contributed by atoms with Gasteiger partial charge in [0, 0.05) is 59.7 Å². The Morgan fingerprint density at radius 1 is 0.727 bits per heavy atom. The fraction of sp³-hybridized carbons (Fsp3) is 0.350. The third-order valence-corrected chi connectivity index (χ3v) is 6.43. The first-order valence-corrected chi connectivity index (χ1v) is 18.0. The lowest BCUT2D eigenvalue weighted by Gasteiger charge is -2.13. The average Bonchev–Trinajstić information content (AvgIpc) is 3.66. The van der Waals surface area contributed by atoms with Crippen LogP contribution in [0.15, 0.2) is 115 Å². The number of nitrogen functional groups attached to an aromatic ring is 1. The zero-order chi connectivity index (χ0) is 43.1. The van der Waals surface area contributed by atoms with Crippen LogP contribution in [0, 0.1) is 54.3 Å². The molecule has 1 heterocycles. The highest BCUT2D eigenvalue weighted by molar-refractivity contribution is 5.82. The molecule has 55 heavy (non-hydrogen) atoms. The number of hydrogen-bond acceptors (Lipinski definition) is 10. The Morgan fingerprint density at radius 3 is 1.76 bits per heavy atom. The fourth-order valence-electron chi connectivity index (χ4n) is 3.93. The third-order valence-electron chi connectivity index (χ3n) is 6.43. The van der Waals surface area contributed by atoms with Crippen LogP contribution in [0.2, 0.25) is 0 Å². The van der Waals surface area contributed by atoms with Crippen molar-refractivity contribution in [3.63, 3.8) is 0 Å². The molecule has 15 heteroatoms. The van der Waals surface area contributed by atoms with E-state index in [9.17, 15) is 40.5 Å². The Bertz CT molecular complexity index is 1800. The summed E-state index contributed by atoms with van der Waals surface area (Å²) in [6.07, 6.45) is 7.74. The Labute approximate surface area is 324 Å². The van der Waals surface area contributed by atoms with Crippen molar-refractivity contribution in [2.45, 2.75) is 81.7 Å². The SMILES string of the molecule is CC.CC.CC.CC.CN(C)/C=C/C1=CC=C([N+](=O)[O-])CC1[N+](=O)[O-].Cc1ccc([N+](=O)[O-])cc1[N+](=O)[O-].Cc1ccccc1.Nc1ccc2cc[nH]c2c1. The smallest absolute Gasteiger partial charge is 0.279 e. The number of nitrogens with one attached hydrogen (secondary N) is 1. The molecule has 0 radical (unpaired) electrons. The van der Waals surface area contributed by atoms with Crippen molar-refractivity contribution in [2.24, 2.45) is 0 Å². The van der Waals surface area contributed by atoms with Gasteiger partial charge in [0.05, 0.1) is 20.8 Å². The number of nitro groups is 4. The molecule has 0 fully saturated rings. The summed E-state index contributed by atoms with van der Waals surface area (Å²) in [4.78, 5) is 44.5. The maximum Gasteiger partial charge on any atom is 0.279 e. The molecule has 1 aliphatic rings. The van der Waals surface area contributed by atoms with Gasteiger partial charge in [-0.1, -0.05) is 97.4 Å². The molecule has 0 amide bonds. The zero-order valence-corrected chi connectivity index (χ0v) is 34.2. The van der Waals surface area contributed by atoms with Gasteiger partial charge in [-0.05, 0) is 61.9 Å². The molecule has 0 saturated carbocycles. The minimum atomic E-state index is -1.04. The van der Waals surface area contributed by atoms with E-state index in [1.54, 1.807) is 31.3 Å². The molecule has 3 aromatic carbocycles. The molecular formula is C40H59N7O8. The highest BCUT2D eigenvalue weighted by atomic mass is 16.6. The number of benzene rings is 3. The topological polar surface area (TPSA) is 218 Å². The third kappa shape index (κ3) is 21.7. The van der Waals surface area contributed by atoms with Crippen molar-refractivity contribution in [1.82, 2.24) is 9.88 Å². The minimum absolute atomic E-state index is 0.131. The van der Waals surface area contributed by atoms with Gasteiger partial charge in [0.25, 0.3) is 17.1 Å². The molecule has 0 saturated heterocycles. The van der Waals surface area contributed by atoms with Gasteiger partial charge >= 0.3 is 0 Å². The number of hydrogen-bond donors (Lipinski definition) is 2. The number of aromatic nitrogens is 1. The summed E-state index contributed by atoms with van der Waals surface area (Å²) in [5.74, 6) is 0. The van der Waals surface area contributed by atoms with E-state index in [4.69, 9.17) is 5.73 Å². The first kappa shape index (κ1) is 53.0. The van der Waals surface area contributed by atoms with E-state index in [1.807, 2.05) is 104 Å². The summed E-state index contributed by atoms with van der Waals surface area (Å²) in [5.41, 5.74) is 9.04. The van der Waals surface area contributed by atoms with E-state index in [1.165, 1.54) is 42.2 Å². The normalized spacial score (nSPS) is 11.8. The highest BCUT2D eigenvalue weighted by Crippen LogP contribution is 2.24. The number of allylic oxidation sites excluding steroid dienone is 2. The second-order valence-electron chi connectivity index (χ2n) is 10.3. The lowest BCUT2D eigenvalue weighted by Crippen LogP contribution is -2.25. The van der Waals surface area contributed by atoms with E-state index in [0.717, 1.165) is 17.3 Å². The number of H-pyrrole nitrogens is 1. The number of nitrogens with two attached hydrogens (primary N) is 1. The second-order valence-corrected chi connectivity index (χ2v) is 10.3. The van der Waals surface area contributed by atoms with Gasteiger partial charge in [0.2, 0.25) is 6.04 Å². The summed E-state index contributed by atoms with van der Waals surface area (Å²) in [6.45, 7) is 19.6. The monoisotopic (exact) mass is 765 g/mol. The van der Waals surface area contributed by atoms with Crippen LogP contribution in [0.25, 0.3) is 10.9 Å². The van der Waals surface area contributed by atoms with Crippen LogP contribution in [0.1, 0.15) is 72.9 Å². The molecule has 0 bridgehead atoms. The fourth-order valence-corrected chi connectivity index (χ4v) is 3.93. The van der Waals surface area contributed by atoms with Crippen LogP contribution >= 0.6 is 0 Å². The largest absolute Gasteiger partial charge is 0.399 e. The van der Waals surface area contributed by atoms with Crippen LogP contribution in [0.5, 0.6) is 0 Å². The molecular weight excluding hydrogens is 706 g/mol. The van der Waals surface area contributed by atoms with Gasteiger partial charge in [-0.2, -0.15) is 0 Å². The van der Waals surface area contributed by atoms with E-state index >= 15 is 0 Å². The summed E-state index contributed by atoms with van der Waals surface area (Å²) < 4.78 is 0. The van der Waals surface area contributed by atoms with Crippen molar-refractivity contribution < 1.29 is 19.7 Å². The predicted octanol–water partition coefficient (Wildman–Crippen LogP) is 10.9. The molecule has 1 aromatic heterocycles. The summed E-state index contributed by atoms with van der Waals surface area (Å²) in [5, 5.41) is 43.3. The van der Waals surface area contributed by atoms with Crippen molar-refractivity contribution in [3.8, 4) is 0 Å². The lowest BCUT2D eigenvalue weighted by molar-refractivity contribution is -0.519. The zero-order valence-electron chi connectivity index (χ0n) is 34.2. The Balaban J connectivity index is -0.000000636. The van der Waals surface area contributed by atoms with E-state index in [-0.39, 0.29) is 23.5 Å². The Hall–Kier alpha value is -6.38. The molecule has 4 aromatic rings. The van der Waals surface area contributed by atoms with Crippen LogP contribution in [0.3, 0.4) is 0 Å². The first-order valence-electron chi connectivity index (χ1n) is 18.0. The van der Waals surface area contributed by atoms with Crippen molar-refractivity contribution >= 4 is 28.0 Å². The molecule has 1 unspecified atom stereocenters. The van der Waals surface area contributed by atoms with E-state index in [0.29, 0.717) is 11.1 Å². The van der Waals surface area contributed by atoms with Crippen LogP contribution in [0.4, 0.5) is 17.1 Å². The quantitative estimate of drug-likeness (QED) is 0.107. The number of aryl methyl sites for hydroxylation is 2. The van der Waals surface area contributed by atoms with Crippen LogP contribution in [-0.2, 0) is 0 Å². The van der Waals surface area contributed by atoms with Gasteiger partial charge in [-0.3, -0.25) is 40.5 Å². The molecule has 5 rings (SSSR count). The van der Waals surface area contributed by atoms with Gasteiger partial charge in [0.15, 0.2) is 0 Å². The van der Waals surface area contributed by atoms with Crippen molar-refractivity contribution in [2.75, 3.05) is 19.8 Å². The number of nitrogens with zero attached hydrogens (tertiary/aromatic N) is 5. The number of fused-ring (bicyclic) bond motifs is 1. The Kier molecular flexibility index (Phi) is 30.0. The maximum atomic E-state index is 10.8. The van der Waals surface area contributed by atoms with Crippen molar-refractivity contribution in [3.05, 3.63) is 166 Å². The van der Waals surface area contributed by atoms with Crippen LogP contribution in [-0.4, -0.2) is 49.7 Å². The lowest BCUT2D eigenvalue weighted by atomic mass is 9.97. The Morgan fingerprint density at radius 2 is 1.31 bits per heavy atom. The predicted molar refractivity (Wildman–Crippen MR) is 225 cm³/mol. The molecule has 15 nitrogen and oxygen atoms in total. The average molecular weight is 766 g/mol. The highest BCUT2D eigenvalue weighted by Gasteiger charge is 2.32. The van der Waals surface area contributed by atoms with Crippen LogP contribution < -0.4 is 5.73 Å². The van der Waals surface area contributed by atoms with Gasteiger partial charge < -0.3 is 15.6 Å². The summed E-state index contributed by atoms with van der Waals surface area (Å²) in [6, 6.07) is 20.6. The molecule has 1 atom stereocenters. The second kappa shape index (κ2) is 31.2. The number of anilines is 1. The number of rotatable bonds is 6. The molecule has 302 valence electrons. The van der Waals surface area contributed by atoms with E-state index < -0.39 is 25.7 Å². The first-order chi connectivity index (χ1) is 26.2. The van der Waals surface area contributed by atoms with Gasteiger partial charge in [-0.25, -0.2) is 0 Å². The molecule has 0 aliphatic heterocycles. The molecule has 1 aliphatic carbocycles. The van der Waals surface area contributed by atoms with Crippen molar-refractivity contribution in [1.29, 1.82) is 0 Å². The summed E-state index contributed by atoms with van der Waals surface area (Å²) >= 11 is 0. The molecule has 3 N–H and O–H groups in total. The maximum absolute atomic E-state index is 10.8. The van der Waals surface area contributed by atoms with Gasteiger partial charge in [-0.15, -0.1) is 0 Å². The van der Waals surface area contributed by atoms with Gasteiger partial charge in [0.1, 0.15) is 6.42 Å². The molecule has 0 spiro atoms. The summed E-state index contributed by atoms with van der Waals surface area (Å²) in [7, 11) is 3.58. The number of nitro benzene ring substituents is 2. The van der Waals surface area contributed by atoms with E-state index in [2.05, 4.69) is 24.0 Å². The standard InChI is InChI=1S/C10H13N3O4.C8H8N2.C7H6N2O4.C7H8.4C2H6/c1-11(2)6-5-8-3-4-9(12(14)15)7-10(8)13(16)17;9-7-2-1-6-3-4-10-8(6)5-7;1-5-2-3-6(8(10)11)4-7(5)9(12)13;1-7-5-3-2-4-6-7;4*1-2/h3-6,10H,7H2,1-2H3;1-5,10H,9H2;2-4H,1H3;2-6H,1H3;4*1-2H3/b6-5+;;;;;;;. The minimum Gasteiger partial charge on any atom is -0.399 e.